The summed E-state index contributed by atoms with van der Waals surface area (Å²) in [6.07, 6.45) is 0. The molecule has 0 aromatic heterocycles. The summed E-state index contributed by atoms with van der Waals surface area (Å²) in [5.74, 6) is -0.742. The second kappa shape index (κ2) is 12.7. The van der Waals surface area contributed by atoms with Gasteiger partial charge in [0.15, 0.2) is 0 Å². The third kappa shape index (κ3) is 6.80. The smallest absolute Gasteiger partial charge is 0.350 e. The minimum absolute atomic E-state index is 0.0366. The Hall–Kier alpha value is -4.35. The molecule has 0 saturated carbocycles. The molecule has 0 fully saturated rings. The van der Waals surface area contributed by atoms with Crippen molar-refractivity contribution in [3.8, 4) is 28.7 Å². The first kappa shape index (κ1) is 28.7. The lowest BCUT2D eigenvalue weighted by Gasteiger charge is -2.22. The summed E-state index contributed by atoms with van der Waals surface area (Å²) >= 11 is 6.78. The van der Waals surface area contributed by atoms with Crippen molar-refractivity contribution in [1.82, 2.24) is 5.32 Å². The number of nitriles is 1. The number of aliphatic carboxylic acids is 1. The first-order chi connectivity index (χ1) is 19.2. The maximum Gasteiger partial charge on any atom is 0.350 e. The van der Waals surface area contributed by atoms with Crippen LogP contribution in [-0.2, 0) is 24.6 Å². The zero-order chi connectivity index (χ0) is 28.7. The molecule has 3 N–H and O–H groups in total. The van der Waals surface area contributed by atoms with Gasteiger partial charge in [0.25, 0.3) is 0 Å². The Bertz CT molecular complexity index is 1550. The van der Waals surface area contributed by atoms with Crippen LogP contribution in [0.5, 0.6) is 11.5 Å². The number of nitrogens with one attached hydrogen (secondary N) is 1. The highest BCUT2D eigenvalue weighted by Crippen LogP contribution is 2.39. The van der Waals surface area contributed by atoms with Crippen molar-refractivity contribution in [3.63, 3.8) is 0 Å². The molecule has 8 heteroatoms. The molecule has 0 aliphatic heterocycles. The van der Waals surface area contributed by atoms with Gasteiger partial charge < -0.3 is 19.7 Å². The highest BCUT2D eigenvalue weighted by molar-refractivity contribution is 6.33. The third-order valence-electron chi connectivity index (χ3n) is 6.54. The maximum atomic E-state index is 11.4. The van der Waals surface area contributed by atoms with Crippen LogP contribution in [0.3, 0.4) is 0 Å². The molecule has 0 radical (unpaired) electrons. The van der Waals surface area contributed by atoms with Crippen molar-refractivity contribution in [2.75, 3.05) is 0 Å². The van der Waals surface area contributed by atoms with Gasteiger partial charge in [0.05, 0.1) is 11.6 Å². The zero-order valence-electron chi connectivity index (χ0n) is 22.1. The van der Waals surface area contributed by atoms with Crippen LogP contribution in [0.25, 0.3) is 11.1 Å². The zero-order valence-corrected chi connectivity index (χ0v) is 22.9. The van der Waals surface area contributed by atoms with E-state index in [2.05, 4.69) is 36.5 Å². The Kier molecular flexibility index (Phi) is 9.08. The monoisotopic (exact) mass is 556 g/mol. The number of hydrogen-bond acceptors (Lipinski definition) is 6. The maximum absolute atomic E-state index is 11.4. The molecule has 7 nitrogen and oxygen atoms in total. The van der Waals surface area contributed by atoms with Gasteiger partial charge in [-0.2, -0.15) is 5.26 Å². The van der Waals surface area contributed by atoms with Crippen LogP contribution >= 0.6 is 11.6 Å². The summed E-state index contributed by atoms with van der Waals surface area (Å²) < 4.78 is 12.2. The summed E-state index contributed by atoms with van der Waals surface area (Å²) in [6, 6.07) is 28.7. The number of halogens is 1. The largest absolute Gasteiger partial charge is 0.487 e. The molecule has 0 spiro atoms. The molecule has 0 amide bonds. The van der Waals surface area contributed by atoms with E-state index >= 15 is 0 Å². The van der Waals surface area contributed by atoms with Gasteiger partial charge in [0, 0.05) is 12.1 Å². The topological polar surface area (TPSA) is 112 Å². The minimum Gasteiger partial charge on any atom is -0.487 e. The van der Waals surface area contributed by atoms with E-state index in [0.717, 1.165) is 34.7 Å². The van der Waals surface area contributed by atoms with Crippen molar-refractivity contribution in [1.29, 1.82) is 5.26 Å². The van der Waals surface area contributed by atoms with Crippen LogP contribution in [-0.4, -0.2) is 21.9 Å². The lowest BCUT2D eigenvalue weighted by molar-refractivity contribution is -0.160. The SMILES string of the molecule is Cc1c(COc2ccc(CNC(C)(O)C(=O)O)c(OCc3cccc(C#N)c3)c2Cl)cccc1-c1ccccc1. The van der Waals surface area contributed by atoms with E-state index in [4.69, 9.17) is 21.1 Å². The average Bonchev–Trinajstić information content (AvgIpc) is 2.96. The van der Waals surface area contributed by atoms with Crippen molar-refractivity contribution < 1.29 is 24.5 Å². The second-order valence-electron chi connectivity index (χ2n) is 9.44. The van der Waals surface area contributed by atoms with Gasteiger partial charge in [0.2, 0.25) is 5.72 Å². The quantitative estimate of drug-likeness (QED) is 0.188. The van der Waals surface area contributed by atoms with Gasteiger partial charge in [-0.15, -0.1) is 0 Å². The van der Waals surface area contributed by atoms with E-state index in [1.54, 1.807) is 30.3 Å². The van der Waals surface area contributed by atoms with Gasteiger partial charge in [-0.25, -0.2) is 4.79 Å². The van der Waals surface area contributed by atoms with Gasteiger partial charge in [-0.1, -0.05) is 78.3 Å². The van der Waals surface area contributed by atoms with Crippen molar-refractivity contribution in [3.05, 3.63) is 118 Å². The molecule has 4 aromatic carbocycles. The minimum atomic E-state index is -2.15. The average molecular weight is 557 g/mol. The van der Waals surface area contributed by atoms with E-state index in [9.17, 15) is 20.3 Å². The normalized spacial score (nSPS) is 12.3. The molecular weight excluding hydrogens is 528 g/mol. The first-order valence-corrected chi connectivity index (χ1v) is 13.0. The summed E-state index contributed by atoms with van der Waals surface area (Å²) in [7, 11) is 0. The van der Waals surface area contributed by atoms with Crippen LogP contribution in [0, 0.1) is 18.3 Å². The molecule has 0 aliphatic carbocycles. The molecule has 1 atom stereocenters. The van der Waals surface area contributed by atoms with Gasteiger partial charge in [0.1, 0.15) is 29.7 Å². The van der Waals surface area contributed by atoms with E-state index in [0.29, 0.717) is 16.9 Å². The Morgan fingerprint density at radius 3 is 2.45 bits per heavy atom. The van der Waals surface area contributed by atoms with Crippen molar-refractivity contribution >= 4 is 17.6 Å². The summed E-state index contributed by atoms with van der Waals surface area (Å²) in [5.41, 5.74) is 3.95. The highest BCUT2D eigenvalue weighted by Gasteiger charge is 2.29. The molecule has 204 valence electrons. The molecule has 40 heavy (non-hydrogen) atoms. The number of benzene rings is 4. The lowest BCUT2D eigenvalue weighted by Crippen LogP contribution is -2.48. The lowest BCUT2D eigenvalue weighted by atomic mass is 9.97. The Labute approximate surface area is 238 Å². The predicted octanol–water partition coefficient (Wildman–Crippen LogP) is 6.23. The fourth-order valence-corrected chi connectivity index (χ4v) is 4.43. The van der Waals surface area contributed by atoms with Crippen LogP contribution in [0.1, 0.15) is 34.7 Å². The summed E-state index contributed by atoms with van der Waals surface area (Å²) in [5, 5.41) is 31.4. The third-order valence-corrected chi connectivity index (χ3v) is 6.89. The number of aliphatic hydroxyl groups is 1. The van der Waals surface area contributed by atoms with E-state index < -0.39 is 11.7 Å². The second-order valence-corrected chi connectivity index (χ2v) is 9.82. The van der Waals surface area contributed by atoms with Crippen LogP contribution in [0.15, 0.2) is 84.9 Å². The molecule has 4 aromatic rings. The number of rotatable bonds is 11. The van der Waals surface area contributed by atoms with Gasteiger partial charge in [-0.3, -0.25) is 5.32 Å². The van der Waals surface area contributed by atoms with Gasteiger partial charge >= 0.3 is 5.97 Å². The first-order valence-electron chi connectivity index (χ1n) is 12.6. The highest BCUT2D eigenvalue weighted by atomic mass is 35.5. The molecular formula is C32H29ClN2O5. The molecule has 1 unspecified atom stereocenters. The Morgan fingerprint density at radius 2 is 1.73 bits per heavy atom. The molecule has 0 heterocycles. The number of hydrogen-bond donors (Lipinski definition) is 3. The fraction of sp³-hybridized carbons (Fsp3) is 0.188. The van der Waals surface area contributed by atoms with E-state index in [-0.39, 0.29) is 30.5 Å². The Balaban J connectivity index is 1.59. The standard InChI is InChI=1S/C32H29ClN2O5/c1-21-26(12-7-13-27(21)24-10-4-3-5-11-24)20-39-28-15-14-25(18-35-32(2,38)31(36)37)30(29(28)33)40-19-23-9-6-8-22(16-23)17-34/h3-16,35,38H,18-20H2,1-2H3,(H,36,37). The number of ether oxygens (including phenoxy) is 2. The Morgan fingerprint density at radius 1 is 0.975 bits per heavy atom. The molecule has 4 rings (SSSR count). The van der Waals surface area contributed by atoms with Crippen LogP contribution < -0.4 is 14.8 Å². The molecule has 0 aliphatic rings. The predicted molar refractivity (Wildman–Crippen MR) is 153 cm³/mol. The molecule has 0 bridgehead atoms. The number of carbonyl (C=O) groups is 1. The van der Waals surface area contributed by atoms with Crippen molar-refractivity contribution in [2.24, 2.45) is 0 Å². The number of carboxylic acid groups (broad SMARTS) is 1. The number of nitrogens with zero attached hydrogens (tertiary/aromatic N) is 1. The fourth-order valence-electron chi connectivity index (χ4n) is 4.14. The van der Waals surface area contributed by atoms with Crippen LogP contribution in [0.2, 0.25) is 5.02 Å². The van der Waals surface area contributed by atoms with E-state index in [1.165, 1.54) is 0 Å². The van der Waals surface area contributed by atoms with Gasteiger partial charge in [-0.05, 0) is 59.9 Å². The van der Waals surface area contributed by atoms with Crippen LogP contribution in [0.4, 0.5) is 0 Å². The van der Waals surface area contributed by atoms with Crippen molar-refractivity contribution in [2.45, 2.75) is 39.3 Å². The van der Waals surface area contributed by atoms with E-state index in [1.807, 2.05) is 36.4 Å². The molecule has 0 saturated heterocycles. The summed E-state index contributed by atoms with van der Waals surface area (Å²) in [6.45, 7) is 3.54. The number of carboxylic acids is 1. The summed E-state index contributed by atoms with van der Waals surface area (Å²) in [4.78, 5) is 11.4.